The molecule has 1 aromatic rings. The standard InChI is InChI=1S/C12H15ClN2O3/c1-12(4-5-18-8-12)14-7-9-2-3-10(13)11(6-9)15(16)17/h2-3,6,14H,4-5,7-8H2,1H3. The fraction of sp³-hybridized carbons (Fsp3) is 0.500. The molecule has 1 saturated heterocycles. The van der Waals surface area contributed by atoms with E-state index in [0.717, 1.165) is 18.6 Å². The molecule has 6 heteroatoms. The van der Waals surface area contributed by atoms with E-state index in [0.29, 0.717) is 13.2 Å². The highest BCUT2D eigenvalue weighted by Gasteiger charge is 2.28. The molecule has 1 aliphatic rings. The van der Waals surface area contributed by atoms with Gasteiger partial charge in [0.15, 0.2) is 0 Å². The quantitative estimate of drug-likeness (QED) is 0.674. The third-order valence-corrected chi connectivity index (χ3v) is 3.46. The lowest BCUT2D eigenvalue weighted by Gasteiger charge is -2.23. The Kier molecular flexibility index (Phi) is 3.85. The maximum absolute atomic E-state index is 10.8. The molecule has 18 heavy (non-hydrogen) atoms. The van der Waals surface area contributed by atoms with E-state index in [-0.39, 0.29) is 16.2 Å². The smallest absolute Gasteiger partial charge is 0.288 e. The molecule has 1 N–H and O–H groups in total. The van der Waals surface area contributed by atoms with Crippen molar-refractivity contribution in [3.8, 4) is 0 Å². The SMILES string of the molecule is CC1(NCc2ccc(Cl)c([N+](=O)[O-])c2)CCOC1. The van der Waals surface area contributed by atoms with Crippen molar-refractivity contribution in [3.63, 3.8) is 0 Å². The summed E-state index contributed by atoms with van der Waals surface area (Å²) in [6, 6.07) is 4.86. The number of rotatable bonds is 4. The predicted molar refractivity (Wildman–Crippen MR) is 68.8 cm³/mol. The van der Waals surface area contributed by atoms with Crippen LogP contribution in [-0.4, -0.2) is 23.7 Å². The molecule has 0 aliphatic carbocycles. The van der Waals surface area contributed by atoms with Crippen molar-refractivity contribution in [2.75, 3.05) is 13.2 Å². The van der Waals surface area contributed by atoms with Gasteiger partial charge in [0.25, 0.3) is 5.69 Å². The number of nitro benzene ring substituents is 1. The Labute approximate surface area is 110 Å². The van der Waals surface area contributed by atoms with Crippen molar-refractivity contribution < 1.29 is 9.66 Å². The van der Waals surface area contributed by atoms with Gasteiger partial charge in [0.05, 0.1) is 11.5 Å². The van der Waals surface area contributed by atoms with Crippen molar-refractivity contribution in [2.45, 2.75) is 25.4 Å². The fourth-order valence-corrected chi connectivity index (χ4v) is 2.12. The van der Waals surface area contributed by atoms with Crippen LogP contribution in [-0.2, 0) is 11.3 Å². The van der Waals surface area contributed by atoms with Gasteiger partial charge < -0.3 is 10.1 Å². The molecule has 98 valence electrons. The van der Waals surface area contributed by atoms with Gasteiger partial charge in [-0.3, -0.25) is 10.1 Å². The highest BCUT2D eigenvalue weighted by molar-refractivity contribution is 6.32. The predicted octanol–water partition coefficient (Wildman–Crippen LogP) is 2.52. The summed E-state index contributed by atoms with van der Waals surface area (Å²) in [4.78, 5) is 10.3. The summed E-state index contributed by atoms with van der Waals surface area (Å²) in [7, 11) is 0. The van der Waals surface area contributed by atoms with Gasteiger partial charge >= 0.3 is 0 Å². The van der Waals surface area contributed by atoms with Crippen molar-refractivity contribution in [2.24, 2.45) is 0 Å². The normalized spacial score (nSPS) is 23.2. The van der Waals surface area contributed by atoms with Crippen LogP contribution in [0.15, 0.2) is 18.2 Å². The van der Waals surface area contributed by atoms with Gasteiger partial charge in [-0.1, -0.05) is 17.7 Å². The molecular weight excluding hydrogens is 256 g/mol. The van der Waals surface area contributed by atoms with E-state index in [4.69, 9.17) is 16.3 Å². The van der Waals surface area contributed by atoms with E-state index in [9.17, 15) is 10.1 Å². The minimum absolute atomic E-state index is 0.0472. The van der Waals surface area contributed by atoms with Gasteiger partial charge in [-0.15, -0.1) is 0 Å². The highest BCUT2D eigenvalue weighted by atomic mass is 35.5. The summed E-state index contributed by atoms with van der Waals surface area (Å²) in [6.07, 6.45) is 0.947. The number of nitrogens with one attached hydrogen (secondary N) is 1. The van der Waals surface area contributed by atoms with Crippen LogP contribution in [0.4, 0.5) is 5.69 Å². The Bertz CT molecular complexity index is 459. The molecule has 1 aromatic carbocycles. The first-order chi connectivity index (χ1) is 8.50. The van der Waals surface area contributed by atoms with Crippen LogP contribution in [0.2, 0.25) is 5.02 Å². The van der Waals surface area contributed by atoms with Crippen LogP contribution in [0.25, 0.3) is 0 Å². The van der Waals surface area contributed by atoms with E-state index in [1.165, 1.54) is 6.07 Å². The van der Waals surface area contributed by atoms with Crippen molar-refractivity contribution >= 4 is 17.3 Å². The molecule has 0 spiro atoms. The minimum atomic E-state index is -0.466. The number of benzene rings is 1. The molecule has 2 rings (SSSR count). The number of halogens is 1. The lowest BCUT2D eigenvalue weighted by Crippen LogP contribution is -2.42. The summed E-state index contributed by atoms with van der Waals surface area (Å²) < 4.78 is 5.34. The Morgan fingerprint density at radius 3 is 3.00 bits per heavy atom. The second-order valence-corrected chi connectivity index (χ2v) is 5.17. The average molecular weight is 271 g/mol. The van der Waals surface area contributed by atoms with Crippen molar-refractivity contribution in [1.82, 2.24) is 5.32 Å². The van der Waals surface area contributed by atoms with E-state index >= 15 is 0 Å². The topological polar surface area (TPSA) is 64.4 Å². The van der Waals surface area contributed by atoms with Crippen LogP contribution < -0.4 is 5.32 Å². The molecule has 0 bridgehead atoms. The molecule has 1 atom stereocenters. The Hall–Kier alpha value is -1.17. The van der Waals surface area contributed by atoms with Crippen molar-refractivity contribution in [3.05, 3.63) is 38.9 Å². The van der Waals surface area contributed by atoms with Crippen LogP contribution in [0.3, 0.4) is 0 Å². The molecule has 0 amide bonds. The summed E-state index contributed by atoms with van der Waals surface area (Å²) in [5, 5.41) is 14.3. The fourth-order valence-electron chi connectivity index (χ4n) is 1.93. The summed E-state index contributed by atoms with van der Waals surface area (Å²) >= 11 is 5.76. The van der Waals surface area contributed by atoms with Crippen LogP contribution in [0.5, 0.6) is 0 Å². The first kappa shape index (κ1) is 13.3. The average Bonchev–Trinajstić information content (AvgIpc) is 2.75. The number of hydrogen-bond acceptors (Lipinski definition) is 4. The molecule has 1 heterocycles. The maximum atomic E-state index is 10.8. The third kappa shape index (κ3) is 2.98. The molecule has 1 aliphatic heterocycles. The first-order valence-corrected chi connectivity index (χ1v) is 6.14. The van der Waals surface area contributed by atoms with E-state index in [2.05, 4.69) is 12.2 Å². The molecular formula is C12H15ClN2O3. The van der Waals surface area contributed by atoms with Gasteiger partial charge in [0.1, 0.15) is 5.02 Å². The maximum Gasteiger partial charge on any atom is 0.288 e. The van der Waals surface area contributed by atoms with Gasteiger partial charge in [-0.05, 0) is 25.0 Å². The second kappa shape index (κ2) is 5.22. The molecule has 5 nitrogen and oxygen atoms in total. The van der Waals surface area contributed by atoms with Gasteiger partial charge in [-0.2, -0.15) is 0 Å². The number of nitrogens with zero attached hydrogens (tertiary/aromatic N) is 1. The molecule has 0 aromatic heterocycles. The number of hydrogen-bond donors (Lipinski definition) is 1. The zero-order chi connectivity index (χ0) is 13.2. The number of nitro groups is 1. The lowest BCUT2D eigenvalue weighted by atomic mass is 10.0. The van der Waals surface area contributed by atoms with E-state index in [1.807, 2.05) is 0 Å². The minimum Gasteiger partial charge on any atom is -0.379 e. The van der Waals surface area contributed by atoms with E-state index < -0.39 is 4.92 Å². The van der Waals surface area contributed by atoms with Crippen LogP contribution in [0.1, 0.15) is 18.9 Å². The molecule has 1 unspecified atom stereocenters. The summed E-state index contributed by atoms with van der Waals surface area (Å²) in [5.41, 5.74) is 0.747. The van der Waals surface area contributed by atoms with Crippen LogP contribution in [0, 0.1) is 10.1 Å². The third-order valence-electron chi connectivity index (χ3n) is 3.15. The summed E-state index contributed by atoms with van der Waals surface area (Å²) in [5.74, 6) is 0. The molecule has 0 radical (unpaired) electrons. The number of ether oxygens (including phenoxy) is 1. The monoisotopic (exact) mass is 270 g/mol. The zero-order valence-electron chi connectivity index (χ0n) is 10.1. The second-order valence-electron chi connectivity index (χ2n) is 4.76. The van der Waals surface area contributed by atoms with Crippen LogP contribution >= 0.6 is 11.6 Å². The van der Waals surface area contributed by atoms with Gasteiger partial charge in [0, 0.05) is 24.8 Å². The molecule has 0 saturated carbocycles. The van der Waals surface area contributed by atoms with Crippen molar-refractivity contribution in [1.29, 1.82) is 0 Å². The molecule has 1 fully saturated rings. The summed E-state index contributed by atoms with van der Waals surface area (Å²) in [6.45, 7) is 4.08. The zero-order valence-corrected chi connectivity index (χ0v) is 10.9. The highest BCUT2D eigenvalue weighted by Crippen LogP contribution is 2.25. The Morgan fingerprint density at radius 1 is 1.61 bits per heavy atom. The Morgan fingerprint density at radius 2 is 2.39 bits per heavy atom. The largest absolute Gasteiger partial charge is 0.379 e. The van der Waals surface area contributed by atoms with E-state index in [1.54, 1.807) is 12.1 Å². The first-order valence-electron chi connectivity index (χ1n) is 5.76. The Balaban J connectivity index is 2.05. The van der Waals surface area contributed by atoms with Gasteiger partial charge in [-0.25, -0.2) is 0 Å². The lowest BCUT2D eigenvalue weighted by molar-refractivity contribution is -0.384. The van der Waals surface area contributed by atoms with Gasteiger partial charge in [0.2, 0.25) is 0 Å².